The first-order valence-corrected chi connectivity index (χ1v) is 8.20. The van der Waals surface area contributed by atoms with Crippen molar-refractivity contribution in [1.82, 2.24) is 9.80 Å². The van der Waals surface area contributed by atoms with E-state index in [2.05, 4.69) is 0 Å². The Labute approximate surface area is 133 Å². The van der Waals surface area contributed by atoms with Crippen molar-refractivity contribution in [3.8, 4) is 0 Å². The van der Waals surface area contributed by atoms with Gasteiger partial charge in [-0.15, -0.1) is 0 Å². The number of hydrogen-bond donors (Lipinski definition) is 0. The van der Waals surface area contributed by atoms with E-state index in [9.17, 15) is 9.59 Å². The molecule has 2 amide bonds. The summed E-state index contributed by atoms with van der Waals surface area (Å²) in [4.78, 5) is 27.2. The van der Waals surface area contributed by atoms with Gasteiger partial charge < -0.3 is 14.2 Å². The molecule has 22 heavy (non-hydrogen) atoms. The molecule has 5 nitrogen and oxygen atoms in total. The second-order valence-electron chi connectivity index (χ2n) is 5.40. The quantitative estimate of drug-likeness (QED) is 0.869. The number of carbonyl (C=O) groups excluding carboxylic acids is 2. The molecule has 0 unspecified atom stereocenters. The molecule has 0 spiro atoms. The van der Waals surface area contributed by atoms with Gasteiger partial charge in [0.05, 0.1) is 6.04 Å². The molecule has 1 saturated heterocycles. The van der Waals surface area contributed by atoms with Crippen molar-refractivity contribution in [1.29, 1.82) is 0 Å². The van der Waals surface area contributed by atoms with Crippen molar-refractivity contribution in [2.24, 2.45) is 0 Å². The van der Waals surface area contributed by atoms with Crippen LogP contribution in [0.1, 0.15) is 18.7 Å². The molecule has 0 N–H and O–H groups in total. The third-order valence-electron chi connectivity index (χ3n) is 4.00. The highest BCUT2D eigenvalue weighted by molar-refractivity contribution is 8.13. The first-order chi connectivity index (χ1) is 10.6. The number of thioether (sulfide) groups is 1. The van der Waals surface area contributed by atoms with E-state index in [-0.39, 0.29) is 23.7 Å². The summed E-state index contributed by atoms with van der Waals surface area (Å²) < 4.78 is 5.81. The standard InChI is InChI=1S/C16H18N2O3S/c1-11(14-9-12-5-3-4-6-13(12)21-14)17(2)15(19)10-18-7-8-22-16(18)20/h3-6,9,11H,7-8,10H2,1-2H3/t11-/m0/s1. The lowest BCUT2D eigenvalue weighted by atomic mass is 10.2. The lowest BCUT2D eigenvalue weighted by Crippen LogP contribution is -2.39. The van der Waals surface area contributed by atoms with Gasteiger partial charge in [0.25, 0.3) is 5.24 Å². The van der Waals surface area contributed by atoms with Gasteiger partial charge in [-0.1, -0.05) is 30.0 Å². The summed E-state index contributed by atoms with van der Waals surface area (Å²) in [6.45, 7) is 2.70. The van der Waals surface area contributed by atoms with Crippen molar-refractivity contribution in [2.75, 3.05) is 25.9 Å². The number of hydrogen-bond acceptors (Lipinski definition) is 4. The minimum Gasteiger partial charge on any atom is -0.459 e. The maximum Gasteiger partial charge on any atom is 0.282 e. The molecule has 1 aromatic heterocycles. The van der Waals surface area contributed by atoms with Crippen LogP contribution >= 0.6 is 11.8 Å². The fraction of sp³-hybridized carbons (Fsp3) is 0.375. The average molecular weight is 318 g/mol. The smallest absolute Gasteiger partial charge is 0.282 e. The minimum atomic E-state index is -0.176. The maximum absolute atomic E-state index is 12.4. The van der Waals surface area contributed by atoms with Crippen LogP contribution in [0.2, 0.25) is 0 Å². The van der Waals surface area contributed by atoms with E-state index in [1.54, 1.807) is 16.8 Å². The molecule has 0 bridgehead atoms. The number of rotatable bonds is 4. The molecule has 2 aromatic rings. The monoisotopic (exact) mass is 318 g/mol. The SMILES string of the molecule is C[C@@H](c1cc2ccccc2o1)N(C)C(=O)CN1CCSC1=O. The Kier molecular flexibility index (Phi) is 4.11. The fourth-order valence-electron chi connectivity index (χ4n) is 2.46. The minimum absolute atomic E-state index is 0.0156. The van der Waals surface area contributed by atoms with Crippen molar-refractivity contribution in [3.05, 3.63) is 36.1 Å². The van der Waals surface area contributed by atoms with Gasteiger partial charge >= 0.3 is 0 Å². The fourth-order valence-corrected chi connectivity index (χ4v) is 3.28. The van der Waals surface area contributed by atoms with Crippen molar-refractivity contribution >= 4 is 33.9 Å². The number of nitrogens with zero attached hydrogens (tertiary/aromatic N) is 2. The Morgan fingerprint density at radius 2 is 2.23 bits per heavy atom. The first-order valence-electron chi connectivity index (χ1n) is 7.22. The van der Waals surface area contributed by atoms with Crippen LogP contribution in [0.25, 0.3) is 11.0 Å². The van der Waals surface area contributed by atoms with Crippen LogP contribution in [0.5, 0.6) is 0 Å². The Hall–Kier alpha value is -1.95. The normalized spacial score (nSPS) is 16.3. The Morgan fingerprint density at radius 3 is 2.91 bits per heavy atom. The molecule has 1 aliphatic heterocycles. The van der Waals surface area contributed by atoms with Crippen LogP contribution < -0.4 is 0 Å². The van der Waals surface area contributed by atoms with Gasteiger partial charge in [-0.3, -0.25) is 9.59 Å². The van der Waals surface area contributed by atoms with Crippen LogP contribution in [0, 0.1) is 0 Å². The number of furan rings is 1. The molecule has 1 aromatic carbocycles. The summed E-state index contributed by atoms with van der Waals surface area (Å²) in [7, 11) is 1.74. The topological polar surface area (TPSA) is 53.8 Å². The molecule has 1 atom stereocenters. The predicted octanol–water partition coefficient (Wildman–Crippen LogP) is 3.12. The van der Waals surface area contributed by atoms with Gasteiger partial charge in [0.1, 0.15) is 17.9 Å². The van der Waals surface area contributed by atoms with Gasteiger partial charge in [0, 0.05) is 24.7 Å². The van der Waals surface area contributed by atoms with Gasteiger partial charge in [-0.2, -0.15) is 0 Å². The lowest BCUT2D eigenvalue weighted by molar-refractivity contribution is -0.132. The molecule has 0 saturated carbocycles. The zero-order valence-corrected chi connectivity index (χ0v) is 13.4. The van der Waals surface area contributed by atoms with E-state index < -0.39 is 0 Å². The zero-order valence-electron chi connectivity index (χ0n) is 12.6. The molecule has 0 aliphatic carbocycles. The Bertz CT molecular complexity index is 679. The number of carbonyl (C=O) groups is 2. The highest BCUT2D eigenvalue weighted by Crippen LogP contribution is 2.27. The second-order valence-corrected chi connectivity index (χ2v) is 6.45. The third kappa shape index (κ3) is 2.83. The molecule has 2 heterocycles. The van der Waals surface area contributed by atoms with Crippen LogP contribution in [0.3, 0.4) is 0 Å². The maximum atomic E-state index is 12.4. The largest absolute Gasteiger partial charge is 0.459 e. The highest BCUT2D eigenvalue weighted by Gasteiger charge is 2.27. The lowest BCUT2D eigenvalue weighted by Gasteiger charge is -2.25. The van der Waals surface area contributed by atoms with Crippen molar-refractivity contribution < 1.29 is 14.0 Å². The Balaban J connectivity index is 1.71. The summed E-state index contributed by atoms with van der Waals surface area (Å²) >= 11 is 1.26. The zero-order chi connectivity index (χ0) is 15.7. The predicted molar refractivity (Wildman–Crippen MR) is 86.8 cm³/mol. The van der Waals surface area contributed by atoms with E-state index in [0.29, 0.717) is 6.54 Å². The summed E-state index contributed by atoms with van der Waals surface area (Å²) in [5, 5.41) is 1.01. The summed E-state index contributed by atoms with van der Waals surface area (Å²) in [5.41, 5.74) is 0.816. The molecule has 116 valence electrons. The van der Waals surface area contributed by atoms with Crippen molar-refractivity contribution in [2.45, 2.75) is 13.0 Å². The number of para-hydroxylation sites is 1. The Morgan fingerprint density at radius 1 is 1.45 bits per heavy atom. The number of amides is 2. The van der Waals surface area contributed by atoms with Crippen LogP contribution in [0.15, 0.2) is 34.7 Å². The van der Waals surface area contributed by atoms with Gasteiger partial charge in [0.15, 0.2) is 0 Å². The molecule has 0 radical (unpaired) electrons. The van der Waals surface area contributed by atoms with E-state index in [0.717, 1.165) is 22.5 Å². The van der Waals surface area contributed by atoms with Gasteiger partial charge in [0.2, 0.25) is 5.91 Å². The van der Waals surface area contributed by atoms with Gasteiger partial charge in [-0.25, -0.2) is 0 Å². The van der Waals surface area contributed by atoms with E-state index >= 15 is 0 Å². The second kappa shape index (κ2) is 6.04. The third-order valence-corrected chi connectivity index (χ3v) is 4.89. The molecule has 6 heteroatoms. The summed E-state index contributed by atoms with van der Waals surface area (Å²) in [6, 6.07) is 9.56. The summed E-state index contributed by atoms with van der Waals surface area (Å²) in [6.07, 6.45) is 0. The molecule has 3 rings (SSSR count). The van der Waals surface area contributed by atoms with Crippen molar-refractivity contribution in [3.63, 3.8) is 0 Å². The van der Waals surface area contributed by atoms with Gasteiger partial charge in [-0.05, 0) is 19.1 Å². The molecule has 1 fully saturated rings. The number of likely N-dealkylation sites (N-methyl/N-ethyl adjacent to an activating group) is 1. The first kappa shape index (κ1) is 15.0. The average Bonchev–Trinajstić information content (AvgIpc) is 3.12. The number of benzene rings is 1. The molecular formula is C16H18N2O3S. The van der Waals surface area contributed by atoms with E-state index in [4.69, 9.17) is 4.42 Å². The molecular weight excluding hydrogens is 300 g/mol. The van der Waals surface area contributed by atoms with Crippen LogP contribution in [-0.2, 0) is 4.79 Å². The van der Waals surface area contributed by atoms with Crippen LogP contribution in [-0.4, -0.2) is 46.8 Å². The van der Waals surface area contributed by atoms with Crippen LogP contribution in [0.4, 0.5) is 4.79 Å². The number of fused-ring (bicyclic) bond motifs is 1. The molecule has 1 aliphatic rings. The highest BCUT2D eigenvalue weighted by atomic mass is 32.2. The summed E-state index contributed by atoms with van der Waals surface area (Å²) in [5.74, 6) is 1.43. The van der Waals surface area contributed by atoms with E-state index in [1.807, 2.05) is 37.3 Å². The van der Waals surface area contributed by atoms with E-state index in [1.165, 1.54) is 11.8 Å².